The zero-order chi connectivity index (χ0) is 17.4. The predicted molar refractivity (Wildman–Crippen MR) is 88.6 cm³/mol. The number of aryl methyl sites for hydroxylation is 1. The molecule has 5 nitrogen and oxygen atoms in total. The summed E-state index contributed by atoms with van der Waals surface area (Å²) in [5, 5.41) is 19.4. The molecule has 0 aliphatic carbocycles. The fourth-order valence-corrected chi connectivity index (χ4v) is 2.69. The zero-order valence-electron chi connectivity index (χ0n) is 13.3. The van der Waals surface area contributed by atoms with Crippen LogP contribution in [0.1, 0.15) is 32.6 Å². The maximum atomic E-state index is 12.7. The summed E-state index contributed by atoms with van der Waals surface area (Å²) < 4.78 is 5.52. The minimum atomic E-state index is -0.920. The Kier molecular flexibility index (Phi) is 3.85. The number of aliphatic carboxylic acids is 1. The van der Waals surface area contributed by atoms with Crippen LogP contribution in [0.2, 0.25) is 0 Å². The zero-order valence-corrected chi connectivity index (χ0v) is 13.3. The lowest BCUT2D eigenvalue weighted by Crippen LogP contribution is -2.03. The Labute approximate surface area is 138 Å². The number of furan rings is 1. The van der Waals surface area contributed by atoms with E-state index in [-0.39, 0.29) is 18.0 Å². The molecule has 0 unspecified atom stereocenters. The molecule has 0 fully saturated rings. The summed E-state index contributed by atoms with van der Waals surface area (Å²) in [5.41, 5.74) is 3.52. The summed E-state index contributed by atoms with van der Waals surface area (Å²) >= 11 is 0. The third-order valence-corrected chi connectivity index (χ3v) is 4.21. The van der Waals surface area contributed by atoms with Gasteiger partial charge in [0.2, 0.25) is 0 Å². The second-order valence-corrected chi connectivity index (χ2v) is 5.77. The number of aromatic hydroxyl groups is 1. The molecular formula is C19H16O5. The highest BCUT2D eigenvalue weighted by molar-refractivity contribution is 6.16. The van der Waals surface area contributed by atoms with Crippen LogP contribution in [-0.2, 0) is 11.2 Å². The number of carboxylic acid groups (broad SMARTS) is 1. The third kappa shape index (κ3) is 2.65. The van der Waals surface area contributed by atoms with Gasteiger partial charge < -0.3 is 14.6 Å². The van der Waals surface area contributed by atoms with Crippen molar-refractivity contribution in [2.75, 3.05) is 0 Å². The summed E-state index contributed by atoms with van der Waals surface area (Å²) in [6.45, 7) is 3.62. The quantitative estimate of drug-likeness (QED) is 0.716. The molecule has 0 spiro atoms. The summed E-state index contributed by atoms with van der Waals surface area (Å²) in [7, 11) is 0. The van der Waals surface area contributed by atoms with Crippen LogP contribution in [0.25, 0.3) is 11.0 Å². The number of carboxylic acids is 1. The van der Waals surface area contributed by atoms with Crippen LogP contribution in [0.4, 0.5) is 0 Å². The van der Waals surface area contributed by atoms with E-state index >= 15 is 0 Å². The minimum absolute atomic E-state index is 0.0878. The topological polar surface area (TPSA) is 87.7 Å². The van der Waals surface area contributed by atoms with E-state index in [9.17, 15) is 14.7 Å². The van der Waals surface area contributed by atoms with Crippen LogP contribution in [0.15, 0.2) is 41.0 Å². The summed E-state index contributed by atoms with van der Waals surface area (Å²) in [6, 6.07) is 7.97. The Bertz CT molecular complexity index is 948. The fourth-order valence-electron chi connectivity index (χ4n) is 2.69. The number of carbonyl (C=O) groups is 2. The lowest BCUT2D eigenvalue weighted by atomic mass is 9.98. The van der Waals surface area contributed by atoms with E-state index in [0.717, 1.165) is 5.56 Å². The highest BCUT2D eigenvalue weighted by Crippen LogP contribution is 2.33. The lowest BCUT2D eigenvalue weighted by Gasteiger charge is -2.05. The molecule has 0 radical (unpaired) electrons. The van der Waals surface area contributed by atoms with E-state index in [4.69, 9.17) is 9.52 Å². The maximum Gasteiger partial charge on any atom is 0.307 e. The molecule has 0 aliphatic rings. The second-order valence-electron chi connectivity index (χ2n) is 5.77. The Morgan fingerprint density at radius 3 is 2.38 bits per heavy atom. The molecule has 0 amide bonds. The number of phenolic OH excluding ortho intramolecular Hbond substituents is 1. The fraction of sp³-hybridized carbons (Fsp3) is 0.158. The van der Waals surface area contributed by atoms with Gasteiger partial charge >= 0.3 is 5.97 Å². The van der Waals surface area contributed by atoms with E-state index < -0.39 is 5.97 Å². The number of fused-ring (bicyclic) bond motifs is 1. The summed E-state index contributed by atoms with van der Waals surface area (Å²) in [6.07, 6.45) is 1.31. The SMILES string of the molecule is Cc1c(O)cc2c(C(=O)c3ccc(CC(=O)O)cc3)coc2c1C. The van der Waals surface area contributed by atoms with Crippen molar-refractivity contribution in [3.63, 3.8) is 0 Å². The number of carbonyl (C=O) groups excluding carboxylic acids is 1. The van der Waals surface area contributed by atoms with Crippen LogP contribution in [0, 0.1) is 13.8 Å². The Balaban J connectivity index is 2.01. The molecule has 122 valence electrons. The van der Waals surface area contributed by atoms with Gasteiger partial charge in [-0.2, -0.15) is 0 Å². The van der Waals surface area contributed by atoms with E-state index in [0.29, 0.717) is 33.2 Å². The number of benzene rings is 2. The van der Waals surface area contributed by atoms with Gasteiger partial charge in [0.1, 0.15) is 17.6 Å². The van der Waals surface area contributed by atoms with Crippen molar-refractivity contribution in [2.24, 2.45) is 0 Å². The predicted octanol–water partition coefficient (Wildman–Crippen LogP) is 3.61. The van der Waals surface area contributed by atoms with Crippen molar-refractivity contribution in [3.05, 3.63) is 64.4 Å². The molecule has 0 saturated carbocycles. The first-order chi connectivity index (χ1) is 11.4. The summed E-state index contributed by atoms with van der Waals surface area (Å²) in [4.78, 5) is 23.4. The van der Waals surface area contributed by atoms with E-state index in [1.165, 1.54) is 12.3 Å². The molecule has 5 heteroatoms. The van der Waals surface area contributed by atoms with Crippen molar-refractivity contribution in [1.82, 2.24) is 0 Å². The summed E-state index contributed by atoms with van der Waals surface area (Å²) in [5.74, 6) is -1.04. The van der Waals surface area contributed by atoms with Gasteiger partial charge in [-0.25, -0.2) is 0 Å². The molecule has 0 atom stereocenters. The molecule has 2 N–H and O–H groups in total. The minimum Gasteiger partial charge on any atom is -0.508 e. The van der Waals surface area contributed by atoms with Crippen LogP contribution >= 0.6 is 0 Å². The molecule has 0 bridgehead atoms. The van der Waals surface area contributed by atoms with Crippen molar-refractivity contribution in [3.8, 4) is 5.75 Å². The van der Waals surface area contributed by atoms with Crippen molar-refractivity contribution >= 4 is 22.7 Å². The largest absolute Gasteiger partial charge is 0.508 e. The standard InChI is InChI=1S/C19H16O5/c1-10-11(2)19-14(8-16(10)20)15(9-24-19)18(23)13-5-3-12(4-6-13)7-17(21)22/h3-6,8-9,20H,7H2,1-2H3,(H,21,22). The molecule has 3 rings (SSSR count). The van der Waals surface area contributed by atoms with E-state index in [2.05, 4.69) is 0 Å². The first-order valence-corrected chi connectivity index (χ1v) is 7.44. The van der Waals surface area contributed by atoms with Crippen molar-refractivity contribution in [2.45, 2.75) is 20.3 Å². The van der Waals surface area contributed by atoms with Gasteiger partial charge in [0, 0.05) is 10.9 Å². The smallest absolute Gasteiger partial charge is 0.307 e. The third-order valence-electron chi connectivity index (χ3n) is 4.21. The average Bonchev–Trinajstić information content (AvgIpc) is 2.96. The normalized spacial score (nSPS) is 10.9. The van der Waals surface area contributed by atoms with Gasteiger partial charge in [-0.05, 0) is 36.6 Å². The van der Waals surface area contributed by atoms with Gasteiger partial charge in [0.05, 0.1) is 12.0 Å². The molecule has 24 heavy (non-hydrogen) atoms. The highest BCUT2D eigenvalue weighted by Gasteiger charge is 2.19. The number of phenols is 1. The lowest BCUT2D eigenvalue weighted by molar-refractivity contribution is -0.136. The van der Waals surface area contributed by atoms with Crippen LogP contribution in [0.5, 0.6) is 5.75 Å². The molecule has 1 aromatic heterocycles. The van der Waals surface area contributed by atoms with Crippen molar-refractivity contribution in [1.29, 1.82) is 0 Å². The van der Waals surface area contributed by atoms with Gasteiger partial charge in [-0.3, -0.25) is 9.59 Å². The average molecular weight is 324 g/mol. The van der Waals surface area contributed by atoms with Gasteiger partial charge in [0.15, 0.2) is 5.78 Å². The second kappa shape index (κ2) is 5.85. The number of hydrogen-bond acceptors (Lipinski definition) is 4. The molecule has 1 heterocycles. The monoisotopic (exact) mass is 324 g/mol. The van der Waals surface area contributed by atoms with Crippen LogP contribution in [-0.4, -0.2) is 22.0 Å². The maximum absolute atomic E-state index is 12.7. The Morgan fingerprint density at radius 2 is 1.75 bits per heavy atom. The van der Waals surface area contributed by atoms with Crippen LogP contribution < -0.4 is 0 Å². The highest BCUT2D eigenvalue weighted by atomic mass is 16.4. The van der Waals surface area contributed by atoms with Crippen LogP contribution in [0.3, 0.4) is 0 Å². The van der Waals surface area contributed by atoms with Gasteiger partial charge in [0.25, 0.3) is 0 Å². The number of ketones is 1. The first kappa shape index (κ1) is 15.8. The Morgan fingerprint density at radius 1 is 1.08 bits per heavy atom. The number of hydrogen-bond donors (Lipinski definition) is 2. The van der Waals surface area contributed by atoms with Gasteiger partial charge in [-0.15, -0.1) is 0 Å². The molecule has 3 aromatic rings. The Hall–Kier alpha value is -3.08. The van der Waals surface area contributed by atoms with Crippen molar-refractivity contribution < 1.29 is 24.2 Å². The molecular weight excluding hydrogens is 308 g/mol. The van der Waals surface area contributed by atoms with E-state index in [1.807, 2.05) is 6.92 Å². The first-order valence-electron chi connectivity index (χ1n) is 7.44. The molecule has 0 saturated heterocycles. The van der Waals surface area contributed by atoms with Gasteiger partial charge in [-0.1, -0.05) is 24.3 Å². The van der Waals surface area contributed by atoms with E-state index in [1.54, 1.807) is 31.2 Å². The number of rotatable bonds is 4. The molecule has 2 aromatic carbocycles. The molecule has 0 aliphatic heterocycles.